The summed E-state index contributed by atoms with van der Waals surface area (Å²) in [7, 11) is 3.19. The average molecular weight is 452 g/mol. The second-order valence-corrected chi connectivity index (χ2v) is 6.33. The molecule has 0 N–H and O–H groups in total. The molecule has 0 atom stereocenters. The molecule has 0 unspecified atom stereocenters. The van der Waals surface area contributed by atoms with Gasteiger partial charge in [-0.2, -0.15) is 18.3 Å². The second kappa shape index (κ2) is 8.69. The second-order valence-electron chi connectivity index (χ2n) is 6.33. The predicted octanol–water partition coefficient (Wildman–Crippen LogP) is 4.28. The Balaban J connectivity index is 2.45. The number of carbonyl (C=O) groups excluding carboxylic acids is 2. The van der Waals surface area contributed by atoms with Gasteiger partial charge in [0.05, 0.1) is 32.6 Å². The summed E-state index contributed by atoms with van der Waals surface area (Å²) in [4.78, 5) is 25.2. The molecule has 0 aliphatic heterocycles. The molecule has 0 aliphatic rings. The minimum Gasteiger partial charge on any atom is -0.496 e. The van der Waals surface area contributed by atoms with Crippen LogP contribution in [0.3, 0.4) is 0 Å². The number of hydrogen-bond acceptors (Lipinski definition) is 6. The molecule has 168 valence electrons. The number of para-hydroxylation sites is 1. The molecule has 0 amide bonds. The predicted molar refractivity (Wildman–Crippen MR) is 103 cm³/mol. The van der Waals surface area contributed by atoms with E-state index in [1.54, 1.807) is 30.3 Å². The smallest absolute Gasteiger partial charge is 0.419 e. The van der Waals surface area contributed by atoms with Crippen molar-refractivity contribution in [2.75, 3.05) is 21.3 Å². The fraction of sp³-hybridized carbons (Fsp3) is 0.190. The van der Waals surface area contributed by atoms with Gasteiger partial charge < -0.3 is 14.2 Å². The number of halogens is 4. The maximum atomic E-state index is 14.1. The van der Waals surface area contributed by atoms with Gasteiger partial charge in [-0.3, -0.25) is 0 Å². The molecular weight excluding hydrogens is 436 g/mol. The van der Waals surface area contributed by atoms with E-state index in [0.29, 0.717) is 17.8 Å². The van der Waals surface area contributed by atoms with E-state index in [2.05, 4.69) is 5.10 Å². The maximum absolute atomic E-state index is 14.1. The van der Waals surface area contributed by atoms with Crippen LogP contribution in [0.15, 0.2) is 42.5 Å². The van der Waals surface area contributed by atoms with Crippen molar-refractivity contribution in [3.8, 4) is 22.7 Å². The lowest BCUT2D eigenvalue weighted by Crippen LogP contribution is -2.15. The van der Waals surface area contributed by atoms with Crippen molar-refractivity contribution in [1.29, 1.82) is 0 Å². The highest BCUT2D eigenvalue weighted by atomic mass is 19.4. The van der Waals surface area contributed by atoms with E-state index in [-0.39, 0.29) is 22.7 Å². The fourth-order valence-electron chi connectivity index (χ4n) is 3.07. The Morgan fingerprint density at radius 1 is 0.969 bits per heavy atom. The Labute approximate surface area is 179 Å². The van der Waals surface area contributed by atoms with Crippen LogP contribution in [0.4, 0.5) is 17.6 Å². The highest BCUT2D eigenvalue weighted by Crippen LogP contribution is 2.41. The van der Waals surface area contributed by atoms with Crippen molar-refractivity contribution in [2.45, 2.75) is 6.18 Å². The summed E-state index contributed by atoms with van der Waals surface area (Å²) >= 11 is 0. The van der Waals surface area contributed by atoms with Crippen molar-refractivity contribution >= 4 is 11.9 Å². The Kier molecular flexibility index (Phi) is 6.19. The van der Waals surface area contributed by atoms with Gasteiger partial charge in [-0.1, -0.05) is 18.2 Å². The first-order valence-electron chi connectivity index (χ1n) is 8.94. The van der Waals surface area contributed by atoms with Crippen molar-refractivity contribution in [3.63, 3.8) is 0 Å². The molecule has 3 aromatic rings. The van der Waals surface area contributed by atoms with Gasteiger partial charge in [0.1, 0.15) is 22.8 Å². The largest absolute Gasteiger partial charge is 0.496 e. The van der Waals surface area contributed by atoms with Gasteiger partial charge in [0.2, 0.25) is 0 Å². The van der Waals surface area contributed by atoms with Crippen molar-refractivity contribution in [1.82, 2.24) is 9.78 Å². The summed E-state index contributed by atoms with van der Waals surface area (Å²) in [5.74, 6) is -3.98. The van der Waals surface area contributed by atoms with Crippen molar-refractivity contribution in [3.05, 3.63) is 65.1 Å². The van der Waals surface area contributed by atoms with Gasteiger partial charge >= 0.3 is 18.1 Å². The number of esters is 2. The van der Waals surface area contributed by atoms with Crippen LogP contribution in [0.25, 0.3) is 16.9 Å². The minimum atomic E-state index is -5.04. The summed E-state index contributed by atoms with van der Waals surface area (Å²) in [6.07, 6.45) is -5.04. The summed E-state index contributed by atoms with van der Waals surface area (Å²) in [5.41, 5.74) is -2.91. The minimum absolute atomic E-state index is 0.307. The molecule has 2 aromatic carbocycles. The summed E-state index contributed by atoms with van der Waals surface area (Å²) in [5, 5.41) is 4.20. The van der Waals surface area contributed by atoms with Gasteiger partial charge in [-0.25, -0.2) is 18.7 Å². The standard InChI is InChI=1S/C21H16F4N2O5/c1-30-15-10-14(22)13(21(23,24)25)9-12(15)17-16(19(28)31-2)18(20(29)32-3)27(26-17)11-7-5-4-6-8-11/h4-10H,1-3H3. The highest BCUT2D eigenvalue weighted by molar-refractivity contribution is 6.07. The maximum Gasteiger partial charge on any atom is 0.419 e. The Hall–Kier alpha value is -3.89. The number of aromatic nitrogens is 2. The topological polar surface area (TPSA) is 79.7 Å². The Morgan fingerprint density at radius 3 is 2.12 bits per heavy atom. The van der Waals surface area contributed by atoms with Gasteiger partial charge in [0.25, 0.3) is 0 Å². The molecular formula is C21H16F4N2O5. The number of methoxy groups -OCH3 is 3. The van der Waals surface area contributed by atoms with Crippen LogP contribution in [0.2, 0.25) is 0 Å². The van der Waals surface area contributed by atoms with Crippen LogP contribution in [0.5, 0.6) is 5.75 Å². The van der Waals surface area contributed by atoms with E-state index in [1.165, 1.54) is 0 Å². The van der Waals surface area contributed by atoms with Gasteiger partial charge in [-0.15, -0.1) is 0 Å². The van der Waals surface area contributed by atoms with Crippen LogP contribution in [0, 0.1) is 5.82 Å². The Morgan fingerprint density at radius 2 is 1.59 bits per heavy atom. The van der Waals surface area contributed by atoms with Crippen molar-refractivity contribution < 1.29 is 41.4 Å². The third-order valence-electron chi connectivity index (χ3n) is 4.50. The number of alkyl halides is 3. The van der Waals surface area contributed by atoms with E-state index >= 15 is 0 Å². The first-order valence-corrected chi connectivity index (χ1v) is 8.94. The molecule has 0 saturated heterocycles. The highest BCUT2D eigenvalue weighted by Gasteiger charge is 2.38. The fourth-order valence-corrected chi connectivity index (χ4v) is 3.07. The zero-order chi connectivity index (χ0) is 23.6. The lowest BCUT2D eigenvalue weighted by molar-refractivity contribution is -0.139. The SMILES string of the molecule is COC(=O)c1c(-c2cc(C(F)(F)F)c(F)cc2OC)nn(-c2ccccc2)c1C(=O)OC. The van der Waals surface area contributed by atoms with Gasteiger partial charge in [0, 0.05) is 11.6 Å². The molecule has 0 saturated carbocycles. The molecule has 0 radical (unpaired) electrons. The normalized spacial score (nSPS) is 11.2. The van der Waals surface area contributed by atoms with Gasteiger partial charge in [-0.05, 0) is 18.2 Å². The lowest BCUT2D eigenvalue weighted by atomic mass is 10.0. The number of carbonyl (C=O) groups is 2. The Bertz CT molecular complexity index is 1170. The van der Waals surface area contributed by atoms with Crippen molar-refractivity contribution in [2.24, 2.45) is 0 Å². The molecule has 1 heterocycles. The van der Waals surface area contributed by atoms with E-state index in [0.717, 1.165) is 26.0 Å². The van der Waals surface area contributed by atoms with E-state index in [1.807, 2.05) is 0 Å². The molecule has 0 fully saturated rings. The third-order valence-corrected chi connectivity index (χ3v) is 4.50. The third kappa shape index (κ3) is 4.01. The molecule has 11 heteroatoms. The van der Waals surface area contributed by atoms with Gasteiger partial charge in [0.15, 0.2) is 5.69 Å². The first kappa shape index (κ1) is 22.8. The summed E-state index contributed by atoms with van der Waals surface area (Å²) in [6, 6.07) is 9.01. The molecule has 0 spiro atoms. The zero-order valence-corrected chi connectivity index (χ0v) is 17.0. The number of nitrogens with zero attached hydrogens (tertiary/aromatic N) is 2. The summed E-state index contributed by atoms with van der Waals surface area (Å²) < 4.78 is 69.8. The van der Waals surface area contributed by atoms with Crippen LogP contribution in [0.1, 0.15) is 26.4 Å². The van der Waals surface area contributed by atoms with Crippen LogP contribution in [-0.4, -0.2) is 43.0 Å². The van der Waals surface area contributed by atoms with Crippen LogP contribution >= 0.6 is 0 Å². The lowest BCUT2D eigenvalue weighted by Gasteiger charge is -2.13. The molecule has 32 heavy (non-hydrogen) atoms. The number of ether oxygens (including phenoxy) is 3. The van der Waals surface area contributed by atoms with E-state index in [9.17, 15) is 27.2 Å². The number of benzene rings is 2. The number of hydrogen-bond donors (Lipinski definition) is 0. The molecule has 1 aromatic heterocycles. The molecule has 7 nitrogen and oxygen atoms in total. The zero-order valence-electron chi connectivity index (χ0n) is 17.0. The molecule has 0 aliphatic carbocycles. The summed E-state index contributed by atoms with van der Waals surface area (Å²) in [6.45, 7) is 0. The number of rotatable bonds is 5. The van der Waals surface area contributed by atoms with Crippen LogP contribution < -0.4 is 4.74 Å². The van der Waals surface area contributed by atoms with Crippen LogP contribution in [-0.2, 0) is 15.7 Å². The molecule has 3 rings (SSSR count). The average Bonchev–Trinajstić information content (AvgIpc) is 3.17. The monoisotopic (exact) mass is 452 g/mol. The molecule has 0 bridgehead atoms. The quantitative estimate of drug-likeness (QED) is 0.425. The van der Waals surface area contributed by atoms with E-state index < -0.39 is 35.1 Å². The van der Waals surface area contributed by atoms with E-state index in [4.69, 9.17) is 14.2 Å². The first-order chi connectivity index (χ1) is 15.1.